The Morgan fingerprint density at radius 3 is 2.67 bits per heavy atom. The highest BCUT2D eigenvalue weighted by Crippen LogP contribution is 2.31. The van der Waals surface area contributed by atoms with Crippen LogP contribution in [-0.2, 0) is 14.3 Å². The number of hydrogen-bond donors (Lipinski definition) is 2. The molecule has 2 N–H and O–H groups in total. The summed E-state index contributed by atoms with van der Waals surface area (Å²) in [5, 5.41) is 7.11. The van der Waals surface area contributed by atoms with Crippen LogP contribution in [0.25, 0.3) is 0 Å². The van der Waals surface area contributed by atoms with Gasteiger partial charge >= 0.3 is 18.0 Å². The molecule has 0 saturated carbocycles. The first-order valence-corrected chi connectivity index (χ1v) is 10.2. The van der Waals surface area contributed by atoms with E-state index < -0.39 is 24.0 Å². The standard InChI is InChI=1S/C20H21N3O6S/c1-3-27-17-12(7-5-9-21-17)18(24)29-11-13-15(19(25)28-4-2)16(23-20(26)22-13)14-8-6-10-30-14/h5-10,16H,3-4,11H2,1-2H3,(H2,22,23,26)/t16-/m0/s1. The summed E-state index contributed by atoms with van der Waals surface area (Å²) in [6.07, 6.45) is 1.50. The van der Waals surface area contributed by atoms with Crippen LogP contribution in [-0.4, -0.2) is 42.8 Å². The van der Waals surface area contributed by atoms with E-state index in [2.05, 4.69) is 15.6 Å². The molecule has 0 unspecified atom stereocenters. The van der Waals surface area contributed by atoms with E-state index in [4.69, 9.17) is 14.2 Å². The first-order chi connectivity index (χ1) is 14.5. The van der Waals surface area contributed by atoms with Crippen molar-refractivity contribution < 1.29 is 28.6 Å². The fraction of sp³-hybridized carbons (Fsp3) is 0.300. The Labute approximate surface area is 177 Å². The number of nitrogens with zero attached hydrogens (tertiary/aromatic N) is 1. The van der Waals surface area contributed by atoms with Crippen LogP contribution < -0.4 is 15.4 Å². The molecule has 0 saturated heterocycles. The van der Waals surface area contributed by atoms with Crippen molar-refractivity contribution in [3.8, 4) is 5.88 Å². The number of carbonyl (C=O) groups excluding carboxylic acids is 3. The number of rotatable bonds is 8. The Hall–Kier alpha value is -3.40. The molecule has 3 rings (SSSR count). The summed E-state index contributed by atoms with van der Waals surface area (Å²) in [5.74, 6) is -1.15. The van der Waals surface area contributed by atoms with Crippen LogP contribution in [0.15, 0.2) is 47.1 Å². The van der Waals surface area contributed by atoms with Crippen molar-refractivity contribution in [1.82, 2.24) is 15.6 Å². The van der Waals surface area contributed by atoms with Gasteiger partial charge in [0.05, 0.1) is 30.5 Å². The van der Waals surface area contributed by atoms with Crippen molar-refractivity contribution in [2.75, 3.05) is 19.8 Å². The molecular formula is C20H21N3O6S. The van der Waals surface area contributed by atoms with Crippen molar-refractivity contribution in [3.63, 3.8) is 0 Å². The third kappa shape index (κ3) is 4.77. The van der Waals surface area contributed by atoms with E-state index in [0.29, 0.717) is 6.61 Å². The van der Waals surface area contributed by atoms with E-state index in [-0.39, 0.29) is 35.9 Å². The zero-order valence-corrected chi connectivity index (χ0v) is 17.3. The number of esters is 2. The second-order valence-electron chi connectivity index (χ2n) is 6.02. The van der Waals surface area contributed by atoms with Gasteiger partial charge in [-0.15, -0.1) is 11.3 Å². The maximum absolute atomic E-state index is 12.6. The molecule has 0 aromatic carbocycles. The van der Waals surface area contributed by atoms with Crippen molar-refractivity contribution in [2.45, 2.75) is 19.9 Å². The molecule has 2 aromatic rings. The van der Waals surface area contributed by atoms with Crippen LogP contribution in [0.4, 0.5) is 4.79 Å². The first kappa shape index (κ1) is 21.3. The van der Waals surface area contributed by atoms with Gasteiger partial charge in [0, 0.05) is 11.1 Å². The zero-order chi connectivity index (χ0) is 21.5. The molecule has 0 fully saturated rings. The van der Waals surface area contributed by atoms with Gasteiger partial charge in [-0.2, -0.15) is 0 Å². The SMILES string of the molecule is CCOC(=O)C1=C(COC(=O)c2cccnc2OCC)NC(=O)N[C@H]1c1cccs1. The molecule has 0 spiro atoms. The van der Waals surface area contributed by atoms with Crippen molar-refractivity contribution >= 4 is 29.3 Å². The smallest absolute Gasteiger partial charge is 0.344 e. The summed E-state index contributed by atoms with van der Waals surface area (Å²) in [6, 6.07) is 5.51. The number of aromatic nitrogens is 1. The Balaban J connectivity index is 1.88. The van der Waals surface area contributed by atoms with Crippen molar-refractivity contribution in [1.29, 1.82) is 0 Å². The summed E-state index contributed by atoms with van der Waals surface area (Å²) in [4.78, 5) is 42.2. The largest absolute Gasteiger partial charge is 0.477 e. The summed E-state index contributed by atoms with van der Waals surface area (Å²) in [5.41, 5.74) is 0.487. The highest BCUT2D eigenvalue weighted by molar-refractivity contribution is 7.10. The monoisotopic (exact) mass is 431 g/mol. The van der Waals surface area contributed by atoms with Crippen LogP contribution in [0.1, 0.15) is 35.1 Å². The Kier molecular flexibility index (Phi) is 7.02. The number of hydrogen-bond acceptors (Lipinski definition) is 8. The van der Waals surface area contributed by atoms with Gasteiger partial charge in [-0.1, -0.05) is 6.07 Å². The maximum Gasteiger partial charge on any atom is 0.344 e. The lowest BCUT2D eigenvalue weighted by Gasteiger charge is -2.28. The van der Waals surface area contributed by atoms with Crippen LogP contribution in [0.3, 0.4) is 0 Å². The van der Waals surface area contributed by atoms with Gasteiger partial charge in [-0.05, 0) is 37.4 Å². The quantitative estimate of drug-likeness (QED) is 0.617. The van der Waals surface area contributed by atoms with E-state index in [1.807, 2.05) is 11.4 Å². The molecule has 158 valence electrons. The minimum Gasteiger partial charge on any atom is -0.477 e. The van der Waals surface area contributed by atoms with Gasteiger partial charge in [-0.3, -0.25) is 0 Å². The fourth-order valence-electron chi connectivity index (χ4n) is 2.86. The van der Waals surface area contributed by atoms with Crippen LogP contribution in [0.2, 0.25) is 0 Å². The molecule has 1 aliphatic rings. The van der Waals surface area contributed by atoms with E-state index in [9.17, 15) is 14.4 Å². The van der Waals surface area contributed by atoms with Crippen molar-refractivity contribution in [3.05, 3.63) is 57.6 Å². The average molecular weight is 431 g/mol. The van der Waals surface area contributed by atoms with Crippen LogP contribution in [0.5, 0.6) is 5.88 Å². The topological polar surface area (TPSA) is 116 Å². The number of pyridine rings is 1. The molecular weight excluding hydrogens is 410 g/mol. The molecule has 0 bridgehead atoms. The molecule has 1 aliphatic heterocycles. The molecule has 2 aromatic heterocycles. The number of thiophene rings is 1. The number of ether oxygens (including phenoxy) is 3. The molecule has 3 heterocycles. The second-order valence-corrected chi connectivity index (χ2v) is 7.00. The predicted octanol–water partition coefficient (Wildman–Crippen LogP) is 2.57. The molecule has 0 aliphatic carbocycles. The second kappa shape index (κ2) is 9.88. The van der Waals surface area contributed by atoms with E-state index in [1.165, 1.54) is 23.6 Å². The molecule has 10 heteroatoms. The van der Waals surface area contributed by atoms with Gasteiger partial charge < -0.3 is 24.8 Å². The zero-order valence-electron chi connectivity index (χ0n) is 16.5. The van der Waals surface area contributed by atoms with Gasteiger partial charge in [0.1, 0.15) is 12.2 Å². The summed E-state index contributed by atoms with van der Waals surface area (Å²) < 4.78 is 15.9. The summed E-state index contributed by atoms with van der Waals surface area (Å²) in [6.45, 7) is 3.62. The number of urea groups is 1. The lowest BCUT2D eigenvalue weighted by molar-refractivity contribution is -0.139. The van der Waals surface area contributed by atoms with Crippen molar-refractivity contribution in [2.24, 2.45) is 0 Å². The van der Waals surface area contributed by atoms with Gasteiger partial charge in [0.2, 0.25) is 5.88 Å². The highest BCUT2D eigenvalue weighted by Gasteiger charge is 2.34. The lowest BCUT2D eigenvalue weighted by Crippen LogP contribution is -2.46. The van der Waals surface area contributed by atoms with E-state index >= 15 is 0 Å². The van der Waals surface area contributed by atoms with E-state index in [0.717, 1.165) is 4.88 Å². The first-order valence-electron chi connectivity index (χ1n) is 9.31. The van der Waals surface area contributed by atoms with Gasteiger partial charge in [-0.25, -0.2) is 19.4 Å². The molecule has 30 heavy (non-hydrogen) atoms. The number of nitrogens with one attached hydrogen (secondary N) is 2. The Bertz CT molecular complexity index is 957. The Morgan fingerprint density at radius 1 is 1.13 bits per heavy atom. The normalized spacial score (nSPS) is 15.8. The average Bonchev–Trinajstić information content (AvgIpc) is 3.27. The molecule has 2 amide bonds. The van der Waals surface area contributed by atoms with Crippen LogP contribution >= 0.6 is 11.3 Å². The van der Waals surface area contributed by atoms with E-state index in [1.54, 1.807) is 26.0 Å². The summed E-state index contributed by atoms with van der Waals surface area (Å²) in [7, 11) is 0. The Morgan fingerprint density at radius 2 is 1.97 bits per heavy atom. The summed E-state index contributed by atoms with van der Waals surface area (Å²) >= 11 is 1.38. The van der Waals surface area contributed by atoms with Crippen LogP contribution in [0, 0.1) is 0 Å². The minimum atomic E-state index is -0.705. The minimum absolute atomic E-state index is 0.146. The third-order valence-electron chi connectivity index (χ3n) is 4.10. The predicted molar refractivity (Wildman–Crippen MR) is 108 cm³/mol. The van der Waals surface area contributed by atoms with Gasteiger partial charge in [0.15, 0.2) is 0 Å². The number of amides is 2. The molecule has 1 atom stereocenters. The maximum atomic E-state index is 12.6. The fourth-order valence-corrected chi connectivity index (χ4v) is 3.65. The molecule has 9 nitrogen and oxygen atoms in total. The third-order valence-corrected chi connectivity index (χ3v) is 5.03. The molecule has 0 radical (unpaired) electrons. The van der Waals surface area contributed by atoms with Gasteiger partial charge in [0.25, 0.3) is 0 Å². The highest BCUT2D eigenvalue weighted by atomic mass is 32.1. The number of carbonyl (C=O) groups is 3. The lowest BCUT2D eigenvalue weighted by atomic mass is 10.0.